The first-order chi connectivity index (χ1) is 17.4. The molecular weight excluding hydrogens is 459 g/mol. The molecule has 1 N–H and O–H groups in total. The van der Waals surface area contributed by atoms with Crippen molar-refractivity contribution in [2.75, 3.05) is 0 Å². The number of rotatable bonds is 8. The monoisotopic (exact) mass is 480 g/mol. The highest BCUT2D eigenvalue weighted by Crippen LogP contribution is 2.27. The topological polar surface area (TPSA) is 105 Å². The van der Waals surface area contributed by atoms with E-state index in [1.807, 2.05) is 0 Å². The van der Waals surface area contributed by atoms with Crippen LogP contribution in [0.1, 0.15) is 43.1 Å². The number of carbonyl (C=O) groups excluding carboxylic acids is 2. The molecule has 2 heterocycles. The first-order valence-electron chi connectivity index (χ1n) is 11.1. The van der Waals surface area contributed by atoms with Crippen molar-refractivity contribution in [2.24, 2.45) is 0 Å². The molecule has 0 fully saturated rings. The van der Waals surface area contributed by atoms with Gasteiger partial charge >= 0.3 is 0 Å². The summed E-state index contributed by atoms with van der Waals surface area (Å²) in [5, 5.41) is 11.6. The summed E-state index contributed by atoms with van der Waals surface area (Å²) in [6.45, 7) is 1.87. The minimum atomic E-state index is -0.630. The number of aromatic nitrogens is 2. The average Bonchev–Trinajstić information content (AvgIpc) is 2.89. The molecule has 0 aliphatic rings. The Balaban J connectivity index is 1.44. The number of halogens is 1. The minimum Gasteiger partial charge on any atom is -0.457 e. The lowest BCUT2D eigenvalue weighted by molar-refractivity contribution is 0.0948. The number of benzene rings is 2. The minimum absolute atomic E-state index is 0.0496. The van der Waals surface area contributed by atoms with E-state index in [1.54, 1.807) is 73.9 Å². The van der Waals surface area contributed by atoms with Gasteiger partial charge in [0.05, 0.1) is 17.7 Å². The van der Waals surface area contributed by atoms with Crippen LogP contribution in [0.15, 0.2) is 79.3 Å². The normalized spacial score (nSPS) is 10.4. The number of nitrogens with zero attached hydrogens (tertiary/aromatic N) is 3. The third kappa shape index (κ3) is 5.77. The van der Waals surface area contributed by atoms with Gasteiger partial charge in [0.1, 0.15) is 23.4 Å². The number of carbonyl (C=O) groups is 2. The number of hydrogen-bond acceptors (Lipinski definition) is 6. The van der Waals surface area contributed by atoms with Crippen molar-refractivity contribution < 1.29 is 18.7 Å². The van der Waals surface area contributed by atoms with Crippen LogP contribution in [0.3, 0.4) is 0 Å². The number of nitriles is 1. The molecule has 2 aromatic heterocycles. The third-order valence-corrected chi connectivity index (χ3v) is 5.48. The molecule has 7 nitrogen and oxygen atoms in total. The second kappa shape index (κ2) is 11.0. The summed E-state index contributed by atoms with van der Waals surface area (Å²) >= 11 is 0. The Morgan fingerprint density at radius 1 is 1.08 bits per heavy atom. The molecule has 178 valence electrons. The Labute approximate surface area is 207 Å². The van der Waals surface area contributed by atoms with Crippen LogP contribution in [0.5, 0.6) is 11.5 Å². The molecule has 0 saturated heterocycles. The maximum absolute atomic E-state index is 13.8. The molecule has 0 spiro atoms. The van der Waals surface area contributed by atoms with Crippen molar-refractivity contribution in [1.29, 1.82) is 5.26 Å². The second-order valence-electron chi connectivity index (χ2n) is 7.96. The zero-order chi connectivity index (χ0) is 25.5. The molecule has 4 rings (SSSR count). The van der Waals surface area contributed by atoms with Gasteiger partial charge in [-0.25, -0.2) is 4.39 Å². The van der Waals surface area contributed by atoms with Crippen LogP contribution in [-0.4, -0.2) is 21.7 Å². The van der Waals surface area contributed by atoms with Gasteiger partial charge < -0.3 is 10.1 Å². The van der Waals surface area contributed by atoms with Gasteiger partial charge in [-0.1, -0.05) is 12.1 Å². The molecule has 0 saturated carbocycles. The van der Waals surface area contributed by atoms with Gasteiger partial charge in [-0.2, -0.15) is 5.26 Å². The zero-order valence-electron chi connectivity index (χ0n) is 19.4. The summed E-state index contributed by atoms with van der Waals surface area (Å²) in [5.41, 5.74) is 2.56. The van der Waals surface area contributed by atoms with E-state index in [9.17, 15) is 14.0 Å². The molecule has 8 heteroatoms. The van der Waals surface area contributed by atoms with E-state index in [1.165, 1.54) is 18.3 Å². The van der Waals surface area contributed by atoms with Crippen molar-refractivity contribution in [3.05, 3.63) is 119 Å². The Bertz CT molecular complexity index is 1470. The highest BCUT2D eigenvalue weighted by Gasteiger charge is 2.14. The van der Waals surface area contributed by atoms with Crippen molar-refractivity contribution in [2.45, 2.75) is 19.9 Å². The summed E-state index contributed by atoms with van der Waals surface area (Å²) in [6, 6.07) is 17.8. The fourth-order valence-electron chi connectivity index (χ4n) is 3.55. The van der Waals surface area contributed by atoms with E-state index in [-0.39, 0.29) is 30.2 Å². The fraction of sp³-hybridized carbons (Fsp3) is 0.107. The summed E-state index contributed by atoms with van der Waals surface area (Å²) in [4.78, 5) is 33.5. The van der Waals surface area contributed by atoms with Gasteiger partial charge in [0.25, 0.3) is 5.91 Å². The van der Waals surface area contributed by atoms with Gasteiger partial charge in [-0.15, -0.1) is 0 Å². The molecular formula is C28H21FN4O3. The lowest BCUT2D eigenvalue weighted by Crippen LogP contribution is -2.23. The highest BCUT2D eigenvalue weighted by atomic mass is 19.1. The van der Waals surface area contributed by atoms with E-state index in [4.69, 9.17) is 10.00 Å². The van der Waals surface area contributed by atoms with Crippen LogP contribution >= 0.6 is 0 Å². The van der Waals surface area contributed by atoms with E-state index >= 15 is 0 Å². The number of hydrogen-bond donors (Lipinski definition) is 1. The summed E-state index contributed by atoms with van der Waals surface area (Å²) in [6.07, 6.45) is 4.78. The number of ketones is 1. The van der Waals surface area contributed by atoms with Crippen LogP contribution < -0.4 is 10.1 Å². The van der Waals surface area contributed by atoms with Gasteiger partial charge in [-0.3, -0.25) is 19.6 Å². The van der Waals surface area contributed by atoms with Crippen LogP contribution in [-0.2, 0) is 13.0 Å². The maximum Gasteiger partial charge on any atom is 0.251 e. The summed E-state index contributed by atoms with van der Waals surface area (Å²) < 4.78 is 19.8. The lowest BCUT2D eigenvalue weighted by Gasteiger charge is -2.13. The molecule has 0 bridgehead atoms. The van der Waals surface area contributed by atoms with Crippen LogP contribution in [0, 0.1) is 24.1 Å². The molecule has 0 unspecified atom stereocenters. The Kier molecular flexibility index (Phi) is 7.42. The molecule has 1 amide bonds. The van der Waals surface area contributed by atoms with E-state index in [0.29, 0.717) is 39.4 Å². The van der Waals surface area contributed by atoms with Gasteiger partial charge in [0.2, 0.25) is 0 Å². The van der Waals surface area contributed by atoms with E-state index < -0.39 is 5.82 Å². The van der Waals surface area contributed by atoms with Crippen LogP contribution in [0.25, 0.3) is 0 Å². The summed E-state index contributed by atoms with van der Waals surface area (Å²) in [5.74, 6) is -0.130. The smallest absolute Gasteiger partial charge is 0.251 e. The Morgan fingerprint density at radius 3 is 2.69 bits per heavy atom. The first kappa shape index (κ1) is 24.2. The van der Waals surface area contributed by atoms with Gasteiger partial charge in [0, 0.05) is 47.9 Å². The van der Waals surface area contributed by atoms with Gasteiger partial charge in [0.15, 0.2) is 5.78 Å². The second-order valence-corrected chi connectivity index (χ2v) is 7.96. The number of Topliss-reactive ketones (excluding diaryl/α,β-unsaturated/α-hetero) is 1. The molecule has 4 aromatic rings. The number of nitrogens with one attached hydrogen (secondary N) is 1. The Hall–Kier alpha value is -4.90. The predicted molar refractivity (Wildman–Crippen MR) is 130 cm³/mol. The SMILES string of the molecule is Cc1c(Oc2ccnc(CC(=O)c3cccnc3)c2)cccc1C(=O)NCc1ccc(C#N)c(F)c1. The van der Waals surface area contributed by atoms with E-state index in [0.717, 1.165) is 0 Å². The van der Waals surface area contributed by atoms with Crippen LogP contribution in [0.2, 0.25) is 0 Å². The standard InChI is InChI=1S/C28H21FN4O3/c1-18-24(28(35)33-16-19-7-8-20(15-30)25(29)12-19)5-2-6-27(18)36-23-9-11-32-22(13-23)14-26(34)21-4-3-10-31-17-21/h2-13,17H,14,16H2,1H3,(H,33,35). The number of pyridine rings is 2. The number of amides is 1. The zero-order valence-corrected chi connectivity index (χ0v) is 19.4. The van der Waals surface area contributed by atoms with E-state index in [2.05, 4.69) is 15.3 Å². The highest BCUT2D eigenvalue weighted by molar-refractivity contribution is 5.97. The molecule has 0 aliphatic carbocycles. The number of ether oxygens (including phenoxy) is 1. The fourth-order valence-corrected chi connectivity index (χ4v) is 3.55. The van der Waals surface area contributed by atoms with Crippen LogP contribution in [0.4, 0.5) is 4.39 Å². The molecule has 36 heavy (non-hydrogen) atoms. The lowest BCUT2D eigenvalue weighted by atomic mass is 10.1. The summed E-state index contributed by atoms with van der Waals surface area (Å²) in [7, 11) is 0. The third-order valence-electron chi connectivity index (χ3n) is 5.48. The van der Waals surface area contributed by atoms with Crippen molar-refractivity contribution in [1.82, 2.24) is 15.3 Å². The quantitative estimate of drug-likeness (QED) is 0.358. The first-order valence-corrected chi connectivity index (χ1v) is 11.1. The Morgan fingerprint density at radius 2 is 1.94 bits per heavy atom. The average molecular weight is 480 g/mol. The van der Waals surface area contributed by atoms with Crippen molar-refractivity contribution in [3.63, 3.8) is 0 Å². The molecule has 2 aromatic carbocycles. The largest absolute Gasteiger partial charge is 0.457 e. The molecule has 0 atom stereocenters. The molecule has 0 radical (unpaired) electrons. The van der Waals surface area contributed by atoms with Gasteiger partial charge in [-0.05, 0) is 55.0 Å². The molecule has 0 aliphatic heterocycles. The predicted octanol–water partition coefficient (Wildman–Crippen LogP) is 4.94. The van der Waals surface area contributed by atoms with Crippen molar-refractivity contribution >= 4 is 11.7 Å². The van der Waals surface area contributed by atoms with Crippen molar-refractivity contribution in [3.8, 4) is 17.6 Å². The maximum atomic E-state index is 13.8.